The van der Waals surface area contributed by atoms with E-state index in [0.717, 1.165) is 16.9 Å². The van der Waals surface area contributed by atoms with Crippen molar-refractivity contribution >= 4 is 0 Å². The van der Waals surface area contributed by atoms with Gasteiger partial charge in [0.25, 0.3) is 0 Å². The number of para-hydroxylation sites is 1. The maximum Gasteiger partial charge on any atom is 0.133 e. The summed E-state index contributed by atoms with van der Waals surface area (Å²) in [5.41, 5.74) is 1.83. The van der Waals surface area contributed by atoms with E-state index in [2.05, 4.69) is 0 Å². The van der Waals surface area contributed by atoms with Crippen molar-refractivity contribution in [3.8, 4) is 11.5 Å². The molecule has 2 aromatic rings. The summed E-state index contributed by atoms with van der Waals surface area (Å²) < 4.78 is 5.78. The highest BCUT2D eigenvalue weighted by molar-refractivity contribution is 5.39. The second kappa shape index (κ2) is 6.36. The van der Waals surface area contributed by atoms with Gasteiger partial charge in [0.15, 0.2) is 0 Å². The van der Waals surface area contributed by atoms with Crippen molar-refractivity contribution < 1.29 is 14.9 Å². The molecular formula is C16H18O3. The highest BCUT2D eigenvalue weighted by atomic mass is 16.5. The number of benzene rings is 2. The van der Waals surface area contributed by atoms with Crippen molar-refractivity contribution in [2.75, 3.05) is 6.61 Å². The van der Waals surface area contributed by atoms with Gasteiger partial charge < -0.3 is 14.9 Å². The van der Waals surface area contributed by atoms with E-state index in [1.54, 1.807) is 6.92 Å². The highest BCUT2D eigenvalue weighted by Gasteiger charge is 2.08. The van der Waals surface area contributed by atoms with E-state index in [-0.39, 0.29) is 6.61 Å². The quantitative estimate of drug-likeness (QED) is 0.866. The summed E-state index contributed by atoms with van der Waals surface area (Å²) in [5.74, 6) is 1.38. The van der Waals surface area contributed by atoms with E-state index in [0.29, 0.717) is 12.2 Å². The summed E-state index contributed by atoms with van der Waals surface area (Å²) in [6.07, 6.45) is 0.0785. The summed E-state index contributed by atoms with van der Waals surface area (Å²) in [6, 6.07) is 15.0. The zero-order valence-corrected chi connectivity index (χ0v) is 10.9. The first kappa shape index (κ1) is 13.6. The highest BCUT2D eigenvalue weighted by Crippen LogP contribution is 2.29. The Bertz CT molecular complexity index is 518. The van der Waals surface area contributed by atoms with Crippen LogP contribution in [0.15, 0.2) is 48.5 Å². The zero-order chi connectivity index (χ0) is 13.7. The van der Waals surface area contributed by atoms with Crippen LogP contribution in [0.5, 0.6) is 11.5 Å². The van der Waals surface area contributed by atoms with Gasteiger partial charge in [-0.05, 0) is 37.1 Å². The number of aliphatic hydroxyl groups is 2. The minimum Gasteiger partial charge on any atom is -0.457 e. The first-order chi connectivity index (χ1) is 9.20. The molecule has 0 spiro atoms. The largest absolute Gasteiger partial charge is 0.457 e. The monoisotopic (exact) mass is 258 g/mol. The van der Waals surface area contributed by atoms with Crippen LogP contribution in [0.2, 0.25) is 0 Å². The predicted octanol–water partition coefficient (Wildman–Crippen LogP) is 3.07. The molecule has 0 saturated heterocycles. The number of ether oxygens (including phenoxy) is 1. The first-order valence-electron chi connectivity index (χ1n) is 6.35. The lowest BCUT2D eigenvalue weighted by Gasteiger charge is -2.13. The van der Waals surface area contributed by atoms with Crippen molar-refractivity contribution in [2.24, 2.45) is 0 Å². The number of rotatable bonds is 5. The molecule has 0 saturated carbocycles. The van der Waals surface area contributed by atoms with Crippen molar-refractivity contribution in [2.45, 2.75) is 19.4 Å². The molecule has 3 nitrogen and oxygen atoms in total. The van der Waals surface area contributed by atoms with Crippen LogP contribution in [0.3, 0.4) is 0 Å². The minimum atomic E-state index is -0.565. The fourth-order valence-electron chi connectivity index (χ4n) is 1.90. The topological polar surface area (TPSA) is 49.7 Å². The van der Waals surface area contributed by atoms with E-state index in [4.69, 9.17) is 9.84 Å². The van der Waals surface area contributed by atoms with Gasteiger partial charge in [-0.3, -0.25) is 0 Å². The molecule has 0 radical (unpaired) electrons. The molecule has 0 amide bonds. The predicted molar refractivity (Wildman–Crippen MR) is 74.4 cm³/mol. The third-order valence-electron chi connectivity index (χ3n) is 2.92. The number of hydrogen-bond donors (Lipinski definition) is 2. The zero-order valence-electron chi connectivity index (χ0n) is 10.9. The van der Waals surface area contributed by atoms with Crippen molar-refractivity contribution in [1.29, 1.82) is 0 Å². The molecule has 2 N–H and O–H groups in total. The lowest BCUT2D eigenvalue weighted by molar-refractivity contribution is 0.195. The smallest absolute Gasteiger partial charge is 0.133 e. The van der Waals surface area contributed by atoms with Gasteiger partial charge in [0.05, 0.1) is 6.10 Å². The molecule has 0 bridgehead atoms. The Labute approximate surface area is 113 Å². The van der Waals surface area contributed by atoms with Crippen LogP contribution < -0.4 is 4.74 Å². The summed E-state index contributed by atoms with van der Waals surface area (Å²) in [6.45, 7) is 1.86. The molecule has 0 fully saturated rings. The second-order valence-corrected chi connectivity index (χ2v) is 4.43. The molecule has 2 aromatic carbocycles. The van der Waals surface area contributed by atoms with Crippen molar-refractivity contribution in [1.82, 2.24) is 0 Å². The van der Waals surface area contributed by atoms with Crippen molar-refractivity contribution in [3.05, 3.63) is 59.7 Å². The molecule has 0 aliphatic carbocycles. The van der Waals surface area contributed by atoms with Gasteiger partial charge >= 0.3 is 0 Å². The van der Waals surface area contributed by atoms with E-state index < -0.39 is 6.10 Å². The Kier molecular flexibility index (Phi) is 4.55. The third kappa shape index (κ3) is 3.56. The minimum absolute atomic E-state index is 0.144. The van der Waals surface area contributed by atoms with E-state index >= 15 is 0 Å². The maximum atomic E-state index is 9.69. The Balaban J connectivity index is 2.17. The molecule has 3 heteroatoms. The van der Waals surface area contributed by atoms with Gasteiger partial charge in [0.2, 0.25) is 0 Å². The van der Waals surface area contributed by atoms with Crippen LogP contribution in [0.1, 0.15) is 24.2 Å². The molecule has 2 rings (SSSR count). The Hall–Kier alpha value is -1.84. The molecular weight excluding hydrogens is 240 g/mol. The van der Waals surface area contributed by atoms with Gasteiger partial charge in [0, 0.05) is 12.2 Å². The molecule has 0 aliphatic rings. The van der Waals surface area contributed by atoms with Gasteiger partial charge in [-0.15, -0.1) is 0 Å². The van der Waals surface area contributed by atoms with Crippen LogP contribution in [0.25, 0.3) is 0 Å². The Morgan fingerprint density at radius 2 is 1.74 bits per heavy atom. The van der Waals surface area contributed by atoms with Crippen LogP contribution in [0.4, 0.5) is 0 Å². The maximum absolute atomic E-state index is 9.69. The van der Waals surface area contributed by atoms with Gasteiger partial charge in [-0.1, -0.05) is 30.3 Å². The van der Waals surface area contributed by atoms with Crippen LogP contribution in [0, 0.1) is 0 Å². The third-order valence-corrected chi connectivity index (χ3v) is 2.92. The second-order valence-electron chi connectivity index (χ2n) is 4.43. The summed E-state index contributed by atoms with van der Waals surface area (Å²) in [5, 5.41) is 18.6. The molecule has 0 heterocycles. The SMILES string of the molecule is CC(O)c1ccccc1Oc1ccc(CCO)cc1. The Morgan fingerprint density at radius 3 is 2.37 bits per heavy atom. The molecule has 1 unspecified atom stereocenters. The number of hydrogen-bond acceptors (Lipinski definition) is 3. The summed E-state index contributed by atoms with van der Waals surface area (Å²) in [7, 11) is 0. The van der Waals surface area contributed by atoms with Crippen LogP contribution in [-0.2, 0) is 6.42 Å². The van der Waals surface area contributed by atoms with E-state index in [1.165, 1.54) is 0 Å². The van der Waals surface area contributed by atoms with Gasteiger partial charge in [-0.2, -0.15) is 0 Å². The first-order valence-corrected chi connectivity index (χ1v) is 6.35. The molecule has 19 heavy (non-hydrogen) atoms. The average Bonchev–Trinajstić information content (AvgIpc) is 2.42. The van der Waals surface area contributed by atoms with Gasteiger partial charge in [0.1, 0.15) is 11.5 Å². The summed E-state index contributed by atoms with van der Waals surface area (Å²) in [4.78, 5) is 0. The lowest BCUT2D eigenvalue weighted by Crippen LogP contribution is -1.96. The van der Waals surface area contributed by atoms with E-state index in [9.17, 15) is 5.11 Å². The normalized spacial score (nSPS) is 12.2. The molecule has 100 valence electrons. The average molecular weight is 258 g/mol. The molecule has 1 atom stereocenters. The number of aliphatic hydroxyl groups excluding tert-OH is 2. The van der Waals surface area contributed by atoms with Crippen LogP contribution >= 0.6 is 0 Å². The van der Waals surface area contributed by atoms with E-state index in [1.807, 2.05) is 48.5 Å². The van der Waals surface area contributed by atoms with Crippen molar-refractivity contribution in [3.63, 3.8) is 0 Å². The summed E-state index contributed by atoms with van der Waals surface area (Å²) >= 11 is 0. The lowest BCUT2D eigenvalue weighted by atomic mass is 10.1. The standard InChI is InChI=1S/C16H18O3/c1-12(18)15-4-2-3-5-16(15)19-14-8-6-13(7-9-14)10-11-17/h2-9,12,17-18H,10-11H2,1H3. The molecule has 0 aromatic heterocycles. The Morgan fingerprint density at radius 1 is 1.05 bits per heavy atom. The van der Waals surface area contributed by atoms with Crippen LogP contribution in [-0.4, -0.2) is 16.8 Å². The fourth-order valence-corrected chi connectivity index (χ4v) is 1.90. The van der Waals surface area contributed by atoms with Gasteiger partial charge in [-0.25, -0.2) is 0 Å². The fraction of sp³-hybridized carbons (Fsp3) is 0.250. The molecule has 0 aliphatic heterocycles.